The van der Waals surface area contributed by atoms with Crippen molar-refractivity contribution in [3.8, 4) is 0 Å². The maximum Gasteiger partial charge on any atom is 0.471 e. The monoisotopic (exact) mass is 256 g/mol. The zero-order chi connectivity index (χ0) is 13.6. The number of nitrogens with one attached hydrogen (secondary N) is 2. The van der Waals surface area contributed by atoms with Crippen LogP contribution in [0.1, 0.15) is 12.8 Å². The highest BCUT2D eigenvalue weighted by Gasteiger charge is 2.40. The zero-order valence-corrected chi connectivity index (χ0v) is 8.80. The number of alkyl halides is 3. The molecule has 0 saturated heterocycles. The number of amides is 2. The standard InChI is InChI=1S/C8H11F3N2O4/c1-12-5(14)3-2-4(6(15)16)13-7(17)8(9,10)11/h4H,2-3H2,1H3,(H,12,14)(H,13,17)(H,15,16). The van der Waals surface area contributed by atoms with Crippen LogP contribution in [0.25, 0.3) is 0 Å². The van der Waals surface area contributed by atoms with Gasteiger partial charge in [0.05, 0.1) is 0 Å². The van der Waals surface area contributed by atoms with Crippen LogP contribution in [-0.2, 0) is 14.4 Å². The summed E-state index contributed by atoms with van der Waals surface area (Å²) in [5.74, 6) is -4.51. The number of carbonyl (C=O) groups excluding carboxylic acids is 2. The van der Waals surface area contributed by atoms with Crippen LogP contribution in [0.5, 0.6) is 0 Å². The van der Waals surface area contributed by atoms with Gasteiger partial charge in [-0.1, -0.05) is 0 Å². The summed E-state index contributed by atoms with van der Waals surface area (Å²) in [6.07, 6.45) is -5.87. The minimum Gasteiger partial charge on any atom is -0.480 e. The number of carbonyl (C=O) groups is 3. The van der Waals surface area contributed by atoms with Crippen molar-refractivity contribution in [2.75, 3.05) is 7.05 Å². The number of hydrogen-bond acceptors (Lipinski definition) is 3. The molecule has 9 heteroatoms. The number of aliphatic carboxylic acids is 1. The topological polar surface area (TPSA) is 95.5 Å². The number of carboxylic acids is 1. The Hall–Kier alpha value is -1.80. The second kappa shape index (κ2) is 6.06. The quantitative estimate of drug-likeness (QED) is 0.626. The lowest BCUT2D eigenvalue weighted by atomic mass is 10.1. The van der Waals surface area contributed by atoms with Crippen LogP contribution in [-0.4, -0.2) is 42.2 Å². The van der Waals surface area contributed by atoms with Crippen molar-refractivity contribution in [1.29, 1.82) is 0 Å². The maximum atomic E-state index is 11.9. The van der Waals surface area contributed by atoms with Crippen molar-refractivity contribution in [1.82, 2.24) is 10.6 Å². The first kappa shape index (κ1) is 15.2. The molecule has 0 aliphatic heterocycles. The van der Waals surface area contributed by atoms with Gasteiger partial charge in [-0.3, -0.25) is 9.59 Å². The lowest BCUT2D eigenvalue weighted by Crippen LogP contribution is -2.47. The van der Waals surface area contributed by atoms with Crippen LogP contribution in [0.15, 0.2) is 0 Å². The van der Waals surface area contributed by atoms with Gasteiger partial charge in [-0.25, -0.2) is 4.79 Å². The van der Waals surface area contributed by atoms with E-state index < -0.39 is 36.4 Å². The first-order chi connectivity index (χ1) is 7.68. The second-order valence-corrected chi connectivity index (χ2v) is 3.07. The number of halogens is 3. The third-order valence-electron chi connectivity index (χ3n) is 1.80. The Morgan fingerprint density at radius 1 is 1.29 bits per heavy atom. The molecule has 2 amide bonds. The normalized spacial score (nSPS) is 12.7. The predicted octanol–water partition coefficient (Wildman–Crippen LogP) is -0.356. The van der Waals surface area contributed by atoms with Gasteiger partial charge in [-0.15, -0.1) is 0 Å². The van der Waals surface area contributed by atoms with Crippen LogP contribution >= 0.6 is 0 Å². The fourth-order valence-electron chi connectivity index (χ4n) is 0.898. The van der Waals surface area contributed by atoms with Gasteiger partial charge in [-0.05, 0) is 6.42 Å². The molecule has 0 spiro atoms. The number of hydrogen-bond donors (Lipinski definition) is 3. The van der Waals surface area contributed by atoms with Crippen molar-refractivity contribution in [2.24, 2.45) is 0 Å². The van der Waals surface area contributed by atoms with Crippen LogP contribution in [0.4, 0.5) is 13.2 Å². The highest BCUT2D eigenvalue weighted by molar-refractivity contribution is 5.87. The first-order valence-corrected chi connectivity index (χ1v) is 4.49. The Bertz CT molecular complexity index is 316. The van der Waals surface area contributed by atoms with Crippen molar-refractivity contribution in [3.05, 3.63) is 0 Å². The summed E-state index contributed by atoms with van der Waals surface area (Å²) in [6.45, 7) is 0. The molecule has 1 atom stereocenters. The van der Waals surface area contributed by atoms with E-state index in [1.54, 1.807) is 0 Å². The lowest BCUT2D eigenvalue weighted by Gasteiger charge is -2.15. The molecule has 0 aromatic carbocycles. The van der Waals surface area contributed by atoms with Gasteiger partial charge in [0.2, 0.25) is 5.91 Å². The molecular formula is C8H11F3N2O4. The highest BCUT2D eigenvalue weighted by Crippen LogP contribution is 2.15. The maximum absolute atomic E-state index is 11.9. The summed E-state index contributed by atoms with van der Waals surface area (Å²) in [4.78, 5) is 31.8. The Labute approximate surface area is 94.2 Å². The van der Waals surface area contributed by atoms with Gasteiger partial charge in [0, 0.05) is 13.5 Å². The molecule has 0 saturated carbocycles. The summed E-state index contributed by atoms with van der Waals surface area (Å²) < 4.78 is 35.6. The fraction of sp³-hybridized carbons (Fsp3) is 0.625. The van der Waals surface area contributed by atoms with Crippen molar-refractivity contribution >= 4 is 17.8 Å². The van der Waals surface area contributed by atoms with E-state index in [1.165, 1.54) is 12.4 Å². The SMILES string of the molecule is CNC(=O)CCC(NC(=O)C(F)(F)F)C(=O)O. The van der Waals surface area contributed by atoms with Gasteiger partial charge in [0.15, 0.2) is 0 Å². The molecule has 0 fully saturated rings. The molecule has 17 heavy (non-hydrogen) atoms. The summed E-state index contributed by atoms with van der Waals surface area (Å²) in [5, 5.41) is 12.0. The average Bonchev–Trinajstić information content (AvgIpc) is 2.21. The number of rotatable bonds is 5. The van der Waals surface area contributed by atoms with Crippen LogP contribution in [0.2, 0.25) is 0 Å². The van der Waals surface area contributed by atoms with E-state index in [4.69, 9.17) is 5.11 Å². The molecule has 0 rings (SSSR count). The van der Waals surface area contributed by atoms with Gasteiger partial charge in [0.25, 0.3) is 0 Å². The van der Waals surface area contributed by atoms with E-state index >= 15 is 0 Å². The summed E-state index contributed by atoms with van der Waals surface area (Å²) in [7, 11) is 1.30. The Balaban J connectivity index is 4.41. The molecule has 0 aromatic heterocycles. The fourth-order valence-corrected chi connectivity index (χ4v) is 0.898. The van der Waals surface area contributed by atoms with E-state index in [0.717, 1.165) is 0 Å². The van der Waals surface area contributed by atoms with Crippen LogP contribution < -0.4 is 10.6 Å². The van der Waals surface area contributed by atoms with E-state index in [0.29, 0.717) is 0 Å². The zero-order valence-electron chi connectivity index (χ0n) is 8.80. The van der Waals surface area contributed by atoms with Crippen LogP contribution in [0, 0.1) is 0 Å². The Morgan fingerprint density at radius 2 is 1.82 bits per heavy atom. The Morgan fingerprint density at radius 3 is 2.18 bits per heavy atom. The molecule has 3 N–H and O–H groups in total. The summed E-state index contributed by atoms with van der Waals surface area (Å²) >= 11 is 0. The molecule has 0 heterocycles. The van der Waals surface area contributed by atoms with Crippen LogP contribution in [0.3, 0.4) is 0 Å². The molecule has 6 nitrogen and oxygen atoms in total. The second-order valence-electron chi connectivity index (χ2n) is 3.07. The molecule has 98 valence electrons. The predicted molar refractivity (Wildman–Crippen MR) is 48.9 cm³/mol. The average molecular weight is 256 g/mol. The Kier molecular flexibility index (Phi) is 5.42. The molecule has 0 radical (unpaired) electrons. The third-order valence-corrected chi connectivity index (χ3v) is 1.80. The van der Waals surface area contributed by atoms with Gasteiger partial charge in [0.1, 0.15) is 6.04 Å². The molecule has 0 bridgehead atoms. The minimum absolute atomic E-state index is 0.300. The number of carboxylic acid groups (broad SMARTS) is 1. The van der Waals surface area contributed by atoms with Gasteiger partial charge < -0.3 is 15.7 Å². The lowest BCUT2D eigenvalue weighted by molar-refractivity contribution is -0.175. The summed E-state index contributed by atoms with van der Waals surface area (Å²) in [6, 6.07) is -1.75. The highest BCUT2D eigenvalue weighted by atomic mass is 19.4. The van der Waals surface area contributed by atoms with Crippen molar-refractivity contribution in [2.45, 2.75) is 25.1 Å². The minimum atomic E-state index is -5.15. The largest absolute Gasteiger partial charge is 0.480 e. The summed E-state index contributed by atoms with van der Waals surface area (Å²) in [5.41, 5.74) is 0. The molecular weight excluding hydrogens is 245 g/mol. The van der Waals surface area contributed by atoms with Crippen molar-refractivity contribution in [3.63, 3.8) is 0 Å². The smallest absolute Gasteiger partial charge is 0.471 e. The third kappa shape index (κ3) is 5.73. The van der Waals surface area contributed by atoms with Gasteiger partial charge in [-0.2, -0.15) is 13.2 Å². The first-order valence-electron chi connectivity index (χ1n) is 4.49. The van der Waals surface area contributed by atoms with E-state index in [2.05, 4.69) is 5.32 Å². The van der Waals surface area contributed by atoms with Crippen molar-refractivity contribution < 1.29 is 32.7 Å². The van der Waals surface area contributed by atoms with Gasteiger partial charge >= 0.3 is 18.1 Å². The molecule has 0 aromatic rings. The van der Waals surface area contributed by atoms with E-state index in [1.807, 2.05) is 0 Å². The molecule has 0 aliphatic carbocycles. The van der Waals surface area contributed by atoms with E-state index in [9.17, 15) is 27.6 Å². The molecule has 1 unspecified atom stereocenters. The molecule has 0 aliphatic rings. The van der Waals surface area contributed by atoms with E-state index in [-0.39, 0.29) is 6.42 Å².